The van der Waals surface area contributed by atoms with Gasteiger partial charge in [-0.05, 0) is 45.1 Å². The Kier molecular flexibility index (Phi) is 11.3. The number of nitrogens with zero attached hydrogens (tertiary/aromatic N) is 2. The van der Waals surface area contributed by atoms with Gasteiger partial charge in [0.15, 0.2) is 0 Å². The molecule has 4 atom stereocenters. The smallest absolute Gasteiger partial charge is 0.326 e. The van der Waals surface area contributed by atoms with Crippen LogP contribution in [-0.4, -0.2) is 86.8 Å². The maximum absolute atomic E-state index is 13.4. The number of carboxylic acid groups (broad SMARTS) is 1. The molecule has 2 rings (SSSR count). The highest BCUT2D eigenvalue weighted by molar-refractivity contribution is 5.94. The van der Waals surface area contributed by atoms with Gasteiger partial charge >= 0.3 is 5.97 Å². The molecule has 1 aromatic heterocycles. The number of imidazole rings is 1. The third-order valence-electron chi connectivity index (χ3n) is 6.03. The first kappa shape index (κ1) is 28.7. The highest BCUT2D eigenvalue weighted by atomic mass is 16.4. The number of H-pyrrole nitrogens is 1. The first-order chi connectivity index (χ1) is 17.1. The molecule has 10 N–H and O–H groups in total. The number of rotatable bonds is 15. The van der Waals surface area contributed by atoms with Gasteiger partial charge in [0, 0.05) is 31.3 Å². The van der Waals surface area contributed by atoms with Gasteiger partial charge in [0.05, 0.1) is 12.4 Å². The van der Waals surface area contributed by atoms with Crippen LogP contribution in [0.15, 0.2) is 12.5 Å². The van der Waals surface area contributed by atoms with Gasteiger partial charge in [0.25, 0.3) is 0 Å². The average Bonchev–Trinajstić information content (AvgIpc) is 3.53. The van der Waals surface area contributed by atoms with E-state index in [9.17, 15) is 29.1 Å². The van der Waals surface area contributed by atoms with Crippen LogP contribution in [0.5, 0.6) is 0 Å². The number of amides is 4. The maximum Gasteiger partial charge on any atom is 0.326 e. The third kappa shape index (κ3) is 8.61. The van der Waals surface area contributed by atoms with Crippen LogP contribution in [0.25, 0.3) is 0 Å². The van der Waals surface area contributed by atoms with Crippen LogP contribution in [0.1, 0.15) is 50.6 Å². The lowest BCUT2D eigenvalue weighted by molar-refractivity contribution is -0.145. The molecule has 36 heavy (non-hydrogen) atoms. The van der Waals surface area contributed by atoms with Crippen LogP contribution in [0.3, 0.4) is 0 Å². The lowest BCUT2D eigenvalue weighted by atomic mass is 10.0. The van der Waals surface area contributed by atoms with E-state index in [1.807, 2.05) is 0 Å². The quantitative estimate of drug-likeness (QED) is 0.126. The molecule has 200 valence electrons. The number of aromatic nitrogens is 2. The van der Waals surface area contributed by atoms with Gasteiger partial charge in [-0.3, -0.25) is 19.2 Å². The van der Waals surface area contributed by atoms with E-state index in [0.717, 1.165) is 0 Å². The average molecular weight is 509 g/mol. The lowest BCUT2D eigenvalue weighted by Crippen LogP contribution is -2.57. The molecule has 0 aromatic carbocycles. The second-order valence-corrected chi connectivity index (χ2v) is 8.83. The van der Waals surface area contributed by atoms with Crippen molar-refractivity contribution in [3.63, 3.8) is 0 Å². The molecule has 4 unspecified atom stereocenters. The van der Waals surface area contributed by atoms with Crippen molar-refractivity contribution >= 4 is 29.6 Å². The molecule has 1 aliphatic heterocycles. The highest BCUT2D eigenvalue weighted by Gasteiger charge is 2.39. The van der Waals surface area contributed by atoms with E-state index in [0.29, 0.717) is 37.9 Å². The fourth-order valence-corrected chi connectivity index (χ4v) is 4.05. The minimum Gasteiger partial charge on any atom is -0.480 e. The molecule has 14 nitrogen and oxygen atoms in total. The molecule has 0 aliphatic carbocycles. The topological polar surface area (TPSA) is 240 Å². The Morgan fingerprint density at radius 1 is 1.17 bits per heavy atom. The number of aliphatic carboxylic acids is 1. The summed E-state index contributed by atoms with van der Waals surface area (Å²) < 4.78 is 0. The summed E-state index contributed by atoms with van der Waals surface area (Å²) in [6.07, 6.45) is 5.22. The molecular weight excluding hydrogens is 472 g/mol. The Bertz CT molecular complexity index is 908. The summed E-state index contributed by atoms with van der Waals surface area (Å²) in [5.74, 6) is -3.45. The van der Waals surface area contributed by atoms with E-state index < -0.39 is 53.8 Å². The molecule has 1 saturated heterocycles. The number of aromatic amines is 1. The molecule has 1 aromatic rings. The van der Waals surface area contributed by atoms with Gasteiger partial charge in [-0.2, -0.15) is 0 Å². The summed E-state index contributed by atoms with van der Waals surface area (Å²) in [4.78, 5) is 69.7. The van der Waals surface area contributed by atoms with Gasteiger partial charge < -0.3 is 42.8 Å². The molecule has 0 bridgehead atoms. The van der Waals surface area contributed by atoms with Gasteiger partial charge in [-0.1, -0.05) is 0 Å². The fraction of sp³-hybridized carbons (Fsp3) is 0.636. The Balaban J connectivity index is 2.09. The van der Waals surface area contributed by atoms with E-state index in [1.165, 1.54) is 17.4 Å². The molecule has 14 heteroatoms. The molecule has 0 saturated carbocycles. The van der Waals surface area contributed by atoms with Crippen molar-refractivity contribution in [2.75, 3.05) is 13.1 Å². The predicted molar refractivity (Wildman–Crippen MR) is 128 cm³/mol. The van der Waals surface area contributed by atoms with Crippen LogP contribution in [0, 0.1) is 0 Å². The van der Waals surface area contributed by atoms with E-state index in [1.54, 1.807) is 0 Å². The number of carbonyl (C=O) groups is 5. The predicted octanol–water partition coefficient (Wildman–Crippen LogP) is -2.28. The fourth-order valence-electron chi connectivity index (χ4n) is 4.05. The molecule has 1 aliphatic rings. The van der Waals surface area contributed by atoms with Crippen LogP contribution in [-0.2, 0) is 30.4 Å². The minimum absolute atomic E-state index is 0.00268. The first-order valence-corrected chi connectivity index (χ1v) is 12.0. The summed E-state index contributed by atoms with van der Waals surface area (Å²) >= 11 is 0. The number of nitrogens with one attached hydrogen (secondary N) is 3. The molecule has 4 amide bonds. The van der Waals surface area contributed by atoms with Gasteiger partial charge in [0.2, 0.25) is 23.6 Å². The van der Waals surface area contributed by atoms with Crippen molar-refractivity contribution in [2.24, 2.45) is 17.2 Å². The first-order valence-electron chi connectivity index (χ1n) is 12.0. The Morgan fingerprint density at radius 3 is 2.53 bits per heavy atom. The monoisotopic (exact) mass is 508 g/mol. The van der Waals surface area contributed by atoms with Crippen molar-refractivity contribution in [1.82, 2.24) is 25.5 Å². The number of hydrogen-bond acceptors (Lipinski definition) is 8. The number of carbonyl (C=O) groups excluding carboxylic acids is 4. The van der Waals surface area contributed by atoms with Crippen LogP contribution >= 0.6 is 0 Å². The SMILES string of the molecule is NCCCCC(NC(=O)C(N)CCC(N)=O)C(=O)N1CCCC1C(=O)NC(Cc1cnc[nH]1)C(=O)O. The maximum atomic E-state index is 13.4. The standard InChI is InChI=1S/C22H36N8O6/c23-8-2-1-4-15(28-19(32)14(24)6-7-18(25)31)21(34)30-9-3-5-17(30)20(33)29-16(22(35)36)10-13-11-26-12-27-13/h11-12,14-17H,1-10,23-24H2,(H2,25,31)(H,26,27)(H,28,32)(H,29,33)(H,35,36). The molecule has 0 spiro atoms. The van der Waals surface area contributed by atoms with Crippen molar-refractivity contribution in [3.05, 3.63) is 18.2 Å². The van der Waals surface area contributed by atoms with Gasteiger partial charge in [-0.15, -0.1) is 0 Å². The summed E-state index contributed by atoms with van der Waals surface area (Å²) in [6, 6.07) is -4.06. The second-order valence-electron chi connectivity index (χ2n) is 8.83. The van der Waals surface area contributed by atoms with E-state index in [-0.39, 0.29) is 32.2 Å². The molecule has 0 radical (unpaired) electrons. The summed E-state index contributed by atoms with van der Waals surface area (Å²) in [5, 5.41) is 14.7. The zero-order valence-corrected chi connectivity index (χ0v) is 20.2. The number of primary amides is 1. The van der Waals surface area contributed by atoms with Crippen LogP contribution in [0.4, 0.5) is 0 Å². The van der Waals surface area contributed by atoms with Crippen molar-refractivity contribution in [1.29, 1.82) is 0 Å². The number of unbranched alkanes of at least 4 members (excludes halogenated alkanes) is 1. The lowest BCUT2D eigenvalue weighted by Gasteiger charge is -2.30. The summed E-state index contributed by atoms with van der Waals surface area (Å²) in [7, 11) is 0. The van der Waals surface area contributed by atoms with Crippen molar-refractivity contribution < 1.29 is 29.1 Å². The number of hydrogen-bond donors (Lipinski definition) is 7. The minimum atomic E-state index is -1.22. The third-order valence-corrected chi connectivity index (χ3v) is 6.03. The zero-order valence-electron chi connectivity index (χ0n) is 20.2. The normalized spacial score (nSPS) is 17.7. The Morgan fingerprint density at radius 2 is 1.92 bits per heavy atom. The summed E-state index contributed by atoms with van der Waals surface area (Å²) in [6.45, 7) is 0.695. The second kappa shape index (κ2) is 14.1. The Hall–Kier alpha value is -3.52. The Labute approximate surface area is 208 Å². The zero-order chi connectivity index (χ0) is 26.7. The van der Waals surface area contributed by atoms with Crippen molar-refractivity contribution in [2.45, 2.75) is 75.5 Å². The van der Waals surface area contributed by atoms with E-state index >= 15 is 0 Å². The number of likely N-dealkylation sites (tertiary alicyclic amines) is 1. The van der Waals surface area contributed by atoms with Gasteiger partial charge in [0.1, 0.15) is 18.1 Å². The molecule has 2 heterocycles. The van der Waals surface area contributed by atoms with Crippen LogP contribution < -0.4 is 27.8 Å². The highest BCUT2D eigenvalue weighted by Crippen LogP contribution is 2.20. The van der Waals surface area contributed by atoms with Crippen molar-refractivity contribution in [3.8, 4) is 0 Å². The van der Waals surface area contributed by atoms with Crippen LogP contribution in [0.2, 0.25) is 0 Å². The van der Waals surface area contributed by atoms with E-state index in [2.05, 4.69) is 20.6 Å². The van der Waals surface area contributed by atoms with Gasteiger partial charge in [-0.25, -0.2) is 9.78 Å². The van der Waals surface area contributed by atoms with E-state index in [4.69, 9.17) is 17.2 Å². The molecule has 1 fully saturated rings. The number of carboxylic acids is 1. The summed E-state index contributed by atoms with van der Waals surface area (Å²) in [5.41, 5.74) is 17.1. The number of nitrogens with two attached hydrogens (primary N) is 3. The largest absolute Gasteiger partial charge is 0.480 e. The molecular formula is C22H36N8O6.